The van der Waals surface area contributed by atoms with Crippen molar-refractivity contribution >= 4 is 34.6 Å². The van der Waals surface area contributed by atoms with E-state index in [1.54, 1.807) is 12.1 Å². The summed E-state index contributed by atoms with van der Waals surface area (Å²) in [5.74, 6) is 0.202. The first-order valence-electron chi connectivity index (χ1n) is 8.05. The lowest BCUT2D eigenvalue weighted by atomic mass is 9.86. The fraction of sp³-hybridized carbons (Fsp3) is 0.250. The van der Waals surface area contributed by atoms with Gasteiger partial charge in [-0.3, -0.25) is 4.79 Å². The summed E-state index contributed by atoms with van der Waals surface area (Å²) in [5, 5.41) is 11.4. The van der Waals surface area contributed by atoms with E-state index in [9.17, 15) is 9.90 Å². The van der Waals surface area contributed by atoms with E-state index in [-0.39, 0.29) is 11.5 Å². The SMILES string of the molecule is CCc1ccc(-c2ccc(Cl)cc2Cl)cc1C1=C(O)CCCC1=O. The van der Waals surface area contributed by atoms with Crippen LogP contribution in [0.2, 0.25) is 10.0 Å². The maximum atomic E-state index is 12.4. The van der Waals surface area contributed by atoms with Gasteiger partial charge in [-0.2, -0.15) is 0 Å². The Morgan fingerprint density at radius 2 is 1.83 bits per heavy atom. The molecule has 0 atom stereocenters. The van der Waals surface area contributed by atoms with Gasteiger partial charge in [0.05, 0.1) is 5.57 Å². The van der Waals surface area contributed by atoms with E-state index in [1.165, 1.54) is 0 Å². The second-order valence-electron chi connectivity index (χ2n) is 5.95. The quantitative estimate of drug-likeness (QED) is 0.702. The molecule has 1 aliphatic rings. The molecule has 0 unspecified atom stereocenters. The smallest absolute Gasteiger partial charge is 0.166 e. The Morgan fingerprint density at radius 1 is 1.04 bits per heavy atom. The predicted molar refractivity (Wildman–Crippen MR) is 99.7 cm³/mol. The van der Waals surface area contributed by atoms with Gasteiger partial charge in [0.25, 0.3) is 0 Å². The van der Waals surface area contributed by atoms with Crippen LogP contribution in [0, 0.1) is 0 Å². The molecule has 2 aromatic carbocycles. The Kier molecular flexibility index (Phi) is 4.98. The van der Waals surface area contributed by atoms with Gasteiger partial charge in [-0.1, -0.05) is 48.3 Å². The number of ketones is 1. The van der Waals surface area contributed by atoms with Crippen molar-refractivity contribution in [3.63, 3.8) is 0 Å². The van der Waals surface area contributed by atoms with Crippen LogP contribution in [0.5, 0.6) is 0 Å². The number of aryl methyl sites for hydroxylation is 1. The predicted octanol–water partition coefficient (Wildman–Crippen LogP) is 6.24. The molecular weight excluding hydrogens is 343 g/mol. The summed E-state index contributed by atoms with van der Waals surface area (Å²) in [6.45, 7) is 2.04. The van der Waals surface area contributed by atoms with Crippen molar-refractivity contribution in [1.82, 2.24) is 0 Å². The molecular formula is C20H18Cl2O2. The van der Waals surface area contributed by atoms with Crippen LogP contribution in [0.1, 0.15) is 37.3 Å². The normalized spacial score (nSPS) is 15.0. The van der Waals surface area contributed by atoms with Crippen molar-refractivity contribution in [2.24, 2.45) is 0 Å². The van der Waals surface area contributed by atoms with Crippen molar-refractivity contribution < 1.29 is 9.90 Å². The number of carbonyl (C=O) groups excluding carboxylic acids is 1. The first-order valence-corrected chi connectivity index (χ1v) is 8.81. The first-order chi connectivity index (χ1) is 11.5. The third kappa shape index (κ3) is 3.22. The first kappa shape index (κ1) is 17.1. The highest BCUT2D eigenvalue weighted by Gasteiger charge is 2.24. The Hall–Kier alpha value is -1.77. The second-order valence-corrected chi connectivity index (χ2v) is 6.79. The summed E-state index contributed by atoms with van der Waals surface area (Å²) in [5.41, 5.74) is 4.07. The van der Waals surface area contributed by atoms with Crippen molar-refractivity contribution in [3.8, 4) is 11.1 Å². The molecule has 1 N–H and O–H groups in total. The third-order valence-electron chi connectivity index (χ3n) is 4.39. The van der Waals surface area contributed by atoms with Crippen LogP contribution in [-0.4, -0.2) is 10.9 Å². The molecule has 1 aliphatic carbocycles. The fourth-order valence-electron chi connectivity index (χ4n) is 3.14. The number of benzene rings is 2. The van der Waals surface area contributed by atoms with Gasteiger partial charge in [0.2, 0.25) is 0 Å². The molecule has 0 bridgehead atoms. The minimum Gasteiger partial charge on any atom is -0.512 e. The van der Waals surface area contributed by atoms with Crippen LogP contribution in [0.25, 0.3) is 16.7 Å². The van der Waals surface area contributed by atoms with Crippen molar-refractivity contribution in [1.29, 1.82) is 0 Å². The summed E-state index contributed by atoms with van der Waals surface area (Å²) in [6, 6.07) is 11.3. The van der Waals surface area contributed by atoms with E-state index in [0.29, 0.717) is 34.9 Å². The minimum atomic E-state index is 0.00723. The standard InChI is InChI=1S/C20H18Cl2O2/c1-2-12-6-7-13(15-9-8-14(21)11-17(15)22)10-16(12)20-18(23)4-3-5-19(20)24/h6-11,23H,2-5H2,1H3. The molecule has 0 saturated heterocycles. The summed E-state index contributed by atoms with van der Waals surface area (Å²) in [6.07, 6.45) is 2.52. The molecule has 0 aliphatic heterocycles. The zero-order valence-corrected chi connectivity index (χ0v) is 14.9. The molecule has 124 valence electrons. The van der Waals surface area contributed by atoms with E-state index >= 15 is 0 Å². The lowest BCUT2D eigenvalue weighted by Crippen LogP contribution is -2.12. The largest absolute Gasteiger partial charge is 0.512 e. The molecule has 0 heterocycles. The number of hydrogen-bond acceptors (Lipinski definition) is 2. The van der Waals surface area contributed by atoms with Crippen molar-refractivity contribution in [3.05, 3.63) is 63.3 Å². The van der Waals surface area contributed by atoms with Crippen LogP contribution in [0.15, 0.2) is 42.2 Å². The van der Waals surface area contributed by atoms with Gasteiger partial charge in [-0.25, -0.2) is 0 Å². The molecule has 2 aromatic rings. The fourth-order valence-corrected chi connectivity index (χ4v) is 3.66. The summed E-state index contributed by atoms with van der Waals surface area (Å²) in [7, 11) is 0. The minimum absolute atomic E-state index is 0.00723. The molecule has 24 heavy (non-hydrogen) atoms. The highest BCUT2D eigenvalue weighted by Crippen LogP contribution is 2.36. The lowest BCUT2D eigenvalue weighted by molar-refractivity contribution is -0.114. The van der Waals surface area contributed by atoms with Crippen LogP contribution >= 0.6 is 23.2 Å². The lowest BCUT2D eigenvalue weighted by Gasteiger charge is -2.19. The molecule has 0 saturated carbocycles. The zero-order valence-electron chi connectivity index (χ0n) is 13.4. The van der Waals surface area contributed by atoms with E-state index in [1.807, 2.05) is 31.2 Å². The summed E-state index contributed by atoms with van der Waals surface area (Å²) in [4.78, 5) is 12.4. The number of rotatable bonds is 3. The number of aliphatic hydroxyl groups is 1. The zero-order chi connectivity index (χ0) is 17.3. The number of allylic oxidation sites excluding steroid dienone is 2. The Bertz CT molecular complexity index is 838. The van der Waals surface area contributed by atoms with Gasteiger partial charge in [0, 0.05) is 28.5 Å². The van der Waals surface area contributed by atoms with Gasteiger partial charge < -0.3 is 5.11 Å². The number of carbonyl (C=O) groups is 1. The molecule has 4 heteroatoms. The van der Waals surface area contributed by atoms with E-state index in [4.69, 9.17) is 23.2 Å². The molecule has 0 spiro atoms. The molecule has 0 aromatic heterocycles. The molecule has 2 nitrogen and oxygen atoms in total. The maximum absolute atomic E-state index is 12.4. The highest BCUT2D eigenvalue weighted by molar-refractivity contribution is 6.36. The second kappa shape index (κ2) is 7.00. The average Bonchev–Trinajstić information content (AvgIpc) is 2.54. The number of halogens is 2. The monoisotopic (exact) mass is 360 g/mol. The van der Waals surface area contributed by atoms with Crippen molar-refractivity contribution in [2.45, 2.75) is 32.6 Å². The van der Waals surface area contributed by atoms with Crippen LogP contribution in [0.4, 0.5) is 0 Å². The van der Waals surface area contributed by atoms with Gasteiger partial charge in [-0.05, 0) is 47.7 Å². The van der Waals surface area contributed by atoms with Gasteiger partial charge in [0.15, 0.2) is 5.78 Å². The Labute approximate surface area is 151 Å². The topological polar surface area (TPSA) is 37.3 Å². The number of hydrogen-bond donors (Lipinski definition) is 1. The molecule has 0 fully saturated rings. The summed E-state index contributed by atoms with van der Waals surface area (Å²) < 4.78 is 0. The average molecular weight is 361 g/mol. The summed E-state index contributed by atoms with van der Waals surface area (Å²) >= 11 is 12.3. The third-order valence-corrected chi connectivity index (χ3v) is 4.93. The molecule has 3 rings (SSSR count). The van der Waals surface area contributed by atoms with E-state index in [0.717, 1.165) is 28.7 Å². The van der Waals surface area contributed by atoms with Crippen LogP contribution < -0.4 is 0 Å². The van der Waals surface area contributed by atoms with E-state index in [2.05, 4.69) is 0 Å². The maximum Gasteiger partial charge on any atom is 0.166 e. The Morgan fingerprint density at radius 3 is 2.50 bits per heavy atom. The Balaban J connectivity index is 2.18. The highest BCUT2D eigenvalue weighted by atomic mass is 35.5. The van der Waals surface area contributed by atoms with Gasteiger partial charge >= 0.3 is 0 Å². The number of Topliss-reactive ketones (excluding diaryl/α,β-unsaturated/α-hetero) is 1. The molecule has 0 radical (unpaired) electrons. The van der Waals surface area contributed by atoms with E-state index < -0.39 is 0 Å². The van der Waals surface area contributed by atoms with Gasteiger partial charge in [-0.15, -0.1) is 0 Å². The van der Waals surface area contributed by atoms with Gasteiger partial charge in [0.1, 0.15) is 5.76 Å². The number of aliphatic hydroxyl groups excluding tert-OH is 1. The van der Waals surface area contributed by atoms with Crippen LogP contribution in [-0.2, 0) is 11.2 Å². The van der Waals surface area contributed by atoms with Crippen LogP contribution in [0.3, 0.4) is 0 Å². The molecule has 0 amide bonds. The van der Waals surface area contributed by atoms with Crippen molar-refractivity contribution in [2.75, 3.05) is 0 Å².